The molecule has 7 heteroatoms. The summed E-state index contributed by atoms with van der Waals surface area (Å²) < 4.78 is 3.45. The molecule has 18 heavy (non-hydrogen) atoms. The minimum absolute atomic E-state index is 0.195. The van der Waals surface area contributed by atoms with E-state index in [1.165, 1.54) is 0 Å². The molecule has 6 nitrogen and oxygen atoms in total. The molecule has 0 fully saturated rings. The predicted molar refractivity (Wildman–Crippen MR) is 67.3 cm³/mol. The Morgan fingerprint density at radius 2 is 2.17 bits per heavy atom. The van der Waals surface area contributed by atoms with Crippen molar-refractivity contribution in [1.29, 1.82) is 0 Å². The van der Waals surface area contributed by atoms with E-state index >= 15 is 0 Å². The Kier molecular flexibility index (Phi) is 3.38. The molecule has 1 N–H and O–H groups in total. The van der Waals surface area contributed by atoms with E-state index in [1.807, 2.05) is 14.0 Å². The number of nitrogens with one attached hydrogen (secondary N) is 1. The summed E-state index contributed by atoms with van der Waals surface area (Å²) >= 11 is 5.84. The first-order chi connectivity index (χ1) is 8.49. The SMILES string of the molecule is C[C@@H](NC(=O)c1cc(Cl)cn1C)c1nncn1C. The summed E-state index contributed by atoms with van der Waals surface area (Å²) in [5.41, 5.74) is 0.508. The van der Waals surface area contributed by atoms with E-state index in [2.05, 4.69) is 15.5 Å². The molecule has 0 aliphatic carbocycles. The minimum atomic E-state index is -0.223. The lowest BCUT2D eigenvalue weighted by Gasteiger charge is -2.13. The molecule has 0 aliphatic heterocycles. The number of carbonyl (C=O) groups excluding carboxylic acids is 1. The second kappa shape index (κ2) is 4.81. The van der Waals surface area contributed by atoms with Crippen molar-refractivity contribution in [2.24, 2.45) is 14.1 Å². The molecular formula is C11H14ClN5O. The van der Waals surface area contributed by atoms with Gasteiger partial charge in [-0.1, -0.05) is 11.6 Å². The van der Waals surface area contributed by atoms with Crippen LogP contribution >= 0.6 is 11.6 Å². The van der Waals surface area contributed by atoms with Crippen LogP contribution in [0.3, 0.4) is 0 Å². The van der Waals surface area contributed by atoms with Crippen LogP contribution < -0.4 is 5.32 Å². The van der Waals surface area contributed by atoms with Gasteiger partial charge in [0.25, 0.3) is 5.91 Å². The molecule has 2 aromatic heterocycles. The lowest BCUT2D eigenvalue weighted by molar-refractivity contribution is 0.0929. The maximum Gasteiger partial charge on any atom is 0.268 e. The zero-order valence-corrected chi connectivity index (χ0v) is 11.1. The first-order valence-electron chi connectivity index (χ1n) is 5.45. The van der Waals surface area contributed by atoms with Gasteiger partial charge in [-0.2, -0.15) is 0 Å². The normalized spacial score (nSPS) is 12.4. The molecule has 0 unspecified atom stereocenters. The van der Waals surface area contributed by atoms with Gasteiger partial charge in [0.05, 0.1) is 11.1 Å². The van der Waals surface area contributed by atoms with Crippen LogP contribution in [0.5, 0.6) is 0 Å². The molecular weight excluding hydrogens is 254 g/mol. The largest absolute Gasteiger partial charge is 0.345 e. The quantitative estimate of drug-likeness (QED) is 0.912. The number of aryl methyl sites for hydroxylation is 2. The minimum Gasteiger partial charge on any atom is -0.345 e. The average Bonchev–Trinajstić information content (AvgIpc) is 2.84. The number of hydrogen-bond acceptors (Lipinski definition) is 3. The van der Waals surface area contributed by atoms with E-state index in [0.29, 0.717) is 16.5 Å². The van der Waals surface area contributed by atoms with Gasteiger partial charge in [0.1, 0.15) is 12.0 Å². The average molecular weight is 268 g/mol. The number of aromatic nitrogens is 4. The van der Waals surface area contributed by atoms with E-state index < -0.39 is 0 Å². The number of halogens is 1. The summed E-state index contributed by atoms with van der Waals surface area (Å²) in [7, 11) is 3.60. The topological polar surface area (TPSA) is 64.7 Å². The lowest BCUT2D eigenvalue weighted by atomic mass is 10.3. The Hall–Kier alpha value is -1.82. The maximum atomic E-state index is 12.0. The fraction of sp³-hybridized carbons (Fsp3) is 0.364. The third kappa shape index (κ3) is 2.38. The lowest BCUT2D eigenvalue weighted by Crippen LogP contribution is -2.29. The summed E-state index contributed by atoms with van der Waals surface area (Å²) in [5, 5.41) is 11.1. The summed E-state index contributed by atoms with van der Waals surface area (Å²) in [6.45, 7) is 1.85. The Balaban J connectivity index is 2.13. The number of amides is 1. The molecule has 0 saturated carbocycles. The molecule has 0 saturated heterocycles. The van der Waals surface area contributed by atoms with Crippen LogP contribution in [0, 0.1) is 0 Å². The molecule has 96 valence electrons. The van der Waals surface area contributed by atoms with Crippen molar-refractivity contribution < 1.29 is 4.79 Å². The van der Waals surface area contributed by atoms with Crippen LogP contribution in [0.2, 0.25) is 5.02 Å². The van der Waals surface area contributed by atoms with Crippen molar-refractivity contribution in [3.63, 3.8) is 0 Å². The first-order valence-corrected chi connectivity index (χ1v) is 5.83. The molecule has 1 amide bonds. The first kappa shape index (κ1) is 12.6. The Morgan fingerprint density at radius 3 is 2.67 bits per heavy atom. The highest BCUT2D eigenvalue weighted by Gasteiger charge is 2.17. The molecule has 0 radical (unpaired) electrons. The van der Waals surface area contributed by atoms with Gasteiger partial charge in [-0.15, -0.1) is 10.2 Å². The van der Waals surface area contributed by atoms with Gasteiger partial charge in [-0.25, -0.2) is 0 Å². The number of carbonyl (C=O) groups is 1. The summed E-state index contributed by atoms with van der Waals surface area (Å²) in [4.78, 5) is 12.0. The molecule has 0 aliphatic rings. The monoisotopic (exact) mass is 267 g/mol. The van der Waals surface area contributed by atoms with E-state index in [-0.39, 0.29) is 11.9 Å². The number of hydrogen-bond donors (Lipinski definition) is 1. The van der Waals surface area contributed by atoms with Crippen molar-refractivity contribution in [2.45, 2.75) is 13.0 Å². The molecule has 2 aromatic rings. The molecule has 0 bridgehead atoms. The highest BCUT2D eigenvalue weighted by Crippen LogP contribution is 2.14. The summed E-state index contributed by atoms with van der Waals surface area (Å²) in [5.74, 6) is 0.503. The van der Waals surface area contributed by atoms with Crippen LogP contribution in [0.15, 0.2) is 18.6 Å². The number of nitrogens with zero attached hydrogens (tertiary/aromatic N) is 4. The van der Waals surface area contributed by atoms with Crippen LogP contribution in [0.1, 0.15) is 29.3 Å². The smallest absolute Gasteiger partial charge is 0.268 e. The third-order valence-electron chi connectivity index (χ3n) is 2.69. The standard InChI is InChI=1S/C11H14ClN5O/c1-7(10-15-13-6-17(10)3)14-11(18)9-4-8(12)5-16(9)2/h4-7H,1-3H3,(H,14,18)/t7-/m1/s1. The van der Waals surface area contributed by atoms with Crippen molar-refractivity contribution >= 4 is 17.5 Å². The van der Waals surface area contributed by atoms with Gasteiger partial charge in [0.2, 0.25) is 0 Å². The molecule has 1 atom stereocenters. The Morgan fingerprint density at radius 1 is 1.44 bits per heavy atom. The molecule has 2 rings (SSSR count). The van der Waals surface area contributed by atoms with Crippen LogP contribution in [-0.2, 0) is 14.1 Å². The van der Waals surface area contributed by atoms with Crippen molar-refractivity contribution in [1.82, 2.24) is 24.6 Å². The predicted octanol–water partition coefficient (Wildman–Crippen LogP) is 1.30. The van der Waals surface area contributed by atoms with Gasteiger partial charge in [-0.05, 0) is 13.0 Å². The second-order valence-electron chi connectivity index (χ2n) is 4.15. The van der Waals surface area contributed by atoms with Crippen molar-refractivity contribution in [3.05, 3.63) is 35.1 Å². The van der Waals surface area contributed by atoms with Crippen LogP contribution in [-0.4, -0.2) is 25.2 Å². The van der Waals surface area contributed by atoms with Gasteiger partial charge in [-0.3, -0.25) is 4.79 Å². The Labute approximate surface area is 110 Å². The third-order valence-corrected chi connectivity index (χ3v) is 2.89. The molecule has 2 heterocycles. The zero-order valence-electron chi connectivity index (χ0n) is 10.4. The highest BCUT2D eigenvalue weighted by atomic mass is 35.5. The maximum absolute atomic E-state index is 12.0. The van der Waals surface area contributed by atoms with Crippen LogP contribution in [0.4, 0.5) is 0 Å². The second-order valence-corrected chi connectivity index (χ2v) is 4.59. The van der Waals surface area contributed by atoms with Crippen LogP contribution in [0.25, 0.3) is 0 Å². The fourth-order valence-electron chi connectivity index (χ4n) is 1.77. The van der Waals surface area contributed by atoms with Crippen molar-refractivity contribution in [3.8, 4) is 0 Å². The van der Waals surface area contributed by atoms with Gasteiger partial charge >= 0.3 is 0 Å². The molecule has 0 aromatic carbocycles. The molecule has 0 spiro atoms. The van der Waals surface area contributed by atoms with E-state index in [1.54, 1.807) is 34.8 Å². The van der Waals surface area contributed by atoms with E-state index in [9.17, 15) is 4.79 Å². The zero-order chi connectivity index (χ0) is 13.3. The van der Waals surface area contributed by atoms with E-state index in [0.717, 1.165) is 0 Å². The Bertz CT molecular complexity index is 574. The highest BCUT2D eigenvalue weighted by molar-refractivity contribution is 6.31. The van der Waals surface area contributed by atoms with E-state index in [4.69, 9.17) is 11.6 Å². The summed E-state index contributed by atoms with van der Waals surface area (Å²) in [6.07, 6.45) is 3.28. The fourth-order valence-corrected chi connectivity index (χ4v) is 2.02. The van der Waals surface area contributed by atoms with Gasteiger partial charge in [0, 0.05) is 20.3 Å². The van der Waals surface area contributed by atoms with Crippen molar-refractivity contribution in [2.75, 3.05) is 0 Å². The summed E-state index contributed by atoms with van der Waals surface area (Å²) in [6, 6.07) is 1.40. The number of rotatable bonds is 3. The van der Waals surface area contributed by atoms with Gasteiger partial charge < -0.3 is 14.5 Å². The van der Waals surface area contributed by atoms with Gasteiger partial charge in [0.15, 0.2) is 5.82 Å².